The summed E-state index contributed by atoms with van der Waals surface area (Å²) < 4.78 is 40.2. The van der Waals surface area contributed by atoms with Crippen molar-refractivity contribution >= 4 is 11.6 Å². The second-order valence-electron chi connectivity index (χ2n) is 4.90. The fourth-order valence-corrected chi connectivity index (χ4v) is 2.53. The normalized spacial score (nSPS) is 12.5. The molecular weight excluding hydrogens is 299 g/mol. The number of nitrogens with one attached hydrogen (secondary N) is 1. The highest BCUT2D eigenvalue weighted by atomic mass is 35.5. The summed E-state index contributed by atoms with van der Waals surface area (Å²) in [4.78, 5) is 0. The zero-order chi connectivity index (χ0) is 15.6. The van der Waals surface area contributed by atoms with Gasteiger partial charge in [0, 0.05) is 16.6 Å². The molecular formula is C16H15ClF3N. The summed E-state index contributed by atoms with van der Waals surface area (Å²) in [5.41, 5.74) is 1.91. The van der Waals surface area contributed by atoms with E-state index in [9.17, 15) is 13.2 Å². The molecule has 0 fully saturated rings. The van der Waals surface area contributed by atoms with Crippen LogP contribution in [-0.4, -0.2) is 7.05 Å². The van der Waals surface area contributed by atoms with Crippen molar-refractivity contribution in [2.75, 3.05) is 7.05 Å². The molecule has 2 aromatic carbocycles. The molecule has 2 aromatic rings. The van der Waals surface area contributed by atoms with Gasteiger partial charge >= 0.3 is 0 Å². The monoisotopic (exact) mass is 313 g/mol. The van der Waals surface area contributed by atoms with Crippen LogP contribution in [0.4, 0.5) is 13.2 Å². The Bertz CT molecular complexity index is 658. The third-order valence-corrected chi connectivity index (χ3v) is 3.77. The second-order valence-corrected chi connectivity index (χ2v) is 5.31. The molecule has 0 aliphatic carbocycles. The smallest absolute Gasteiger partial charge is 0.194 e. The summed E-state index contributed by atoms with van der Waals surface area (Å²) in [6.07, 6.45) is 0.373. The SMILES string of the molecule is CNC(Cc1ccc(C)cc1Cl)c1ccc(F)c(F)c1F. The van der Waals surface area contributed by atoms with Crippen LogP contribution in [-0.2, 0) is 6.42 Å². The van der Waals surface area contributed by atoms with Crippen molar-refractivity contribution in [3.05, 3.63) is 69.5 Å². The molecule has 1 nitrogen and oxygen atoms in total. The first-order valence-corrected chi connectivity index (χ1v) is 6.87. The van der Waals surface area contributed by atoms with E-state index in [0.29, 0.717) is 11.4 Å². The van der Waals surface area contributed by atoms with Crippen LogP contribution in [0.1, 0.15) is 22.7 Å². The highest BCUT2D eigenvalue weighted by molar-refractivity contribution is 6.31. The van der Waals surface area contributed by atoms with E-state index in [4.69, 9.17) is 11.6 Å². The van der Waals surface area contributed by atoms with Crippen molar-refractivity contribution in [3.8, 4) is 0 Å². The maximum atomic E-state index is 13.9. The first kappa shape index (κ1) is 15.9. The molecule has 0 heterocycles. The zero-order valence-electron chi connectivity index (χ0n) is 11.7. The number of likely N-dealkylation sites (N-methyl/N-ethyl adjacent to an activating group) is 1. The lowest BCUT2D eigenvalue weighted by atomic mass is 9.97. The molecule has 0 radical (unpaired) electrons. The van der Waals surface area contributed by atoms with Crippen molar-refractivity contribution in [3.63, 3.8) is 0 Å². The van der Waals surface area contributed by atoms with E-state index in [0.717, 1.165) is 17.2 Å². The molecule has 1 unspecified atom stereocenters. The molecule has 21 heavy (non-hydrogen) atoms. The second kappa shape index (κ2) is 6.50. The largest absolute Gasteiger partial charge is 0.313 e. The number of benzene rings is 2. The highest BCUT2D eigenvalue weighted by Gasteiger charge is 2.20. The first-order chi connectivity index (χ1) is 9.93. The predicted octanol–water partition coefficient (Wildman–Crippen LogP) is 4.57. The molecule has 0 amide bonds. The van der Waals surface area contributed by atoms with Gasteiger partial charge in [-0.1, -0.05) is 29.8 Å². The van der Waals surface area contributed by atoms with E-state index >= 15 is 0 Å². The molecule has 0 aliphatic heterocycles. The lowest BCUT2D eigenvalue weighted by molar-refractivity contribution is 0.428. The van der Waals surface area contributed by atoms with Gasteiger partial charge in [0.1, 0.15) is 0 Å². The van der Waals surface area contributed by atoms with Crippen LogP contribution >= 0.6 is 11.6 Å². The maximum Gasteiger partial charge on any atom is 0.194 e. The number of rotatable bonds is 4. The highest BCUT2D eigenvalue weighted by Crippen LogP contribution is 2.27. The van der Waals surface area contributed by atoms with Crippen LogP contribution in [0.5, 0.6) is 0 Å². The fraction of sp³-hybridized carbons (Fsp3) is 0.250. The summed E-state index contributed by atoms with van der Waals surface area (Å²) in [5, 5.41) is 3.48. The van der Waals surface area contributed by atoms with Crippen LogP contribution in [0, 0.1) is 24.4 Å². The van der Waals surface area contributed by atoms with E-state index in [2.05, 4.69) is 5.32 Å². The van der Waals surface area contributed by atoms with Gasteiger partial charge in [-0.15, -0.1) is 0 Å². The Labute approximate surface area is 126 Å². The van der Waals surface area contributed by atoms with Crippen molar-refractivity contribution in [2.24, 2.45) is 0 Å². The number of halogens is 4. The molecule has 2 rings (SSSR count). The minimum absolute atomic E-state index is 0.0769. The molecule has 0 bridgehead atoms. The Balaban J connectivity index is 2.34. The lowest BCUT2D eigenvalue weighted by Gasteiger charge is -2.18. The molecule has 0 aliphatic rings. The maximum absolute atomic E-state index is 13.9. The standard InChI is InChI=1S/C16H15ClF3N/c1-9-3-4-10(12(17)7-9)8-14(21-2)11-5-6-13(18)16(20)15(11)19/h3-7,14,21H,8H2,1-2H3. The van der Waals surface area contributed by atoms with Gasteiger partial charge in [0.05, 0.1) is 0 Å². The molecule has 0 aromatic heterocycles. The fourth-order valence-electron chi connectivity index (χ4n) is 2.22. The van der Waals surface area contributed by atoms with Crippen molar-refractivity contribution < 1.29 is 13.2 Å². The zero-order valence-corrected chi connectivity index (χ0v) is 12.4. The molecule has 5 heteroatoms. The van der Waals surface area contributed by atoms with Gasteiger partial charge in [-0.05, 0) is 43.7 Å². The van der Waals surface area contributed by atoms with E-state index in [1.54, 1.807) is 7.05 Å². The van der Waals surface area contributed by atoms with Gasteiger partial charge in [0.2, 0.25) is 0 Å². The summed E-state index contributed by atoms with van der Waals surface area (Å²) >= 11 is 6.16. The Kier molecular flexibility index (Phi) is 4.91. The third-order valence-electron chi connectivity index (χ3n) is 3.42. The van der Waals surface area contributed by atoms with Gasteiger partial charge in [0.25, 0.3) is 0 Å². The molecule has 0 saturated heterocycles. The minimum Gasteiger partial charge on any atom is -0.313 e. The third kappa shape index (κ3) is 3.39. The number of hydrogen-bond donors (Lipinski definition) is 1. The summed E-state index contributed by atoms with van der Waals surface area (Å²) in [7, 11) is 1.63. The molecule has 112 valence electrons. The van der Waals surface area contributed by atoms with Crippen LogP contribution in [0.3, 0.4) is 0 Å². The van der Waals surface area contributed by atoms with Gasteiger partial charge in [0.15, 0.2) is 17.5 Å². The van der Waals surface area contributed by atoms with E-state index in [-0.39, 0.29) is 5.56 Å². The average Bonchev–Trinajstić information content (AvgIpc) is 2.45. The van der Waals surface area contributed by atoms with Gasteiger partial charge < -0.3 is 5.32 Å². The summed E-state index contributed by atoms with van der Waals surface area (Å²) in [6, 6.07) is 7.23. The molecule has 0 saturated carbocycles. The van der Waals surface area contributed by atoms with Crippen molar-refractivity contribution in [1.82, 2.24) is 5.32 Å². The van der Waals surface area contributed by atoms with Gasteiger partial charge in [-0.2, -0.15) is 0 Å². The van der Waals surface area contributed by atoms with Crippen LogP contribution in [0.15, 0.2) is 30.3 Å². The lowest BCUT2D eigenvalue weighted by Crippen LogP contribution is -2.21. The molecule has 1 atom stereocenters. The quantitative estimate of drug-likeness (QED) is 0.815. The van der Waals surface area contributed by atoms with Gasteiger partial charge in [-0.3, -0.25) is 0 Å². The van der Waals surface area contributed by atoms with Gasteiger partial charge in [-0.25, -0.2) is 13.2 Å². The first-order valence-electron chi connectivity index (χ1n) is 6.49. The Hall–Kier alpha value is -1.52. The summed E-state index contributed by atoms with van der Waals surface area (Å²) in [5.74, 6) is -3.82. The van der Waals surface area contributed by atoms with Crippen LogP contribution in [0.25, 0.3) is 0 Å². The molecule has 0 spiro atoms. The Morgan fingerprint density at radius 1 is 1.10 bits per heavy atom. The topological polar surface area (TPSA) is 12.0 Å². The molecule has 1 N–H and O–H groups in total. The average molecular weight is 314 g/mol. The van der Waals surface area contributed by atoms with Crippen molar-refractivity contribution in [1.29, 1.82) is 0 Å². The number of aryl methyl sites for hydroxylation is 1. The van der Waals surface area contributed by atoms with E-state index in [1.165, 1.54) is 6.07 Å². The minimum atomic E-state index is -1.46. The van der Waals surface area contributed by atoms with Crippen molar-refractivity contribution in [2.45, 2.75) is 19.4 Å². The Morgan fingerprint density at radius 3 is 2.43 bits per heavy atom. The Morgan fingerprint density at radius 2 is 1.81 bits per heavy atom. The summed E-state index contributed by atoms with van der Waals surface area (Å²) in [6.45, 7) is 1.92. The van der Waals surface area contributed by atoms with E-state index in [1.807, 2.05) is 25.1 Å². The van der Waals surface area contributed by atoms with E-state index < -0.39 is 23.5 Å². The number of hydrogen-bond acceptors (Lipinski definition) is 1. The predicted molar refractivity (Wildman–Crippen MR) is 78.0 cm³/mol. The van der Waals surface area contributed by atoms with Crippen LogP contribution in [0.2, 0.25) is 5.02 Å². The van der Waals surface area contributed by atoms with Crippen LogP contribution < -0.4 is 5.32 Å².